The van der Waals surface area contributed by atoms with Crippen LogP contribution >= 0.6 is 11.3 Å². The second-order valence-corrected chi connectivity index (χ2v) is 16.9. The number of carbonyl (C=O) groups is 4. The van der Waals surface area contributed by atoms with Gasteiger partial charge in [0.2, 0.25) is 11.8 Å². The Hall–Kier alpha value is -5.19. The van der Waals surface area contributed by atoms with Crippen molar-refractivity contribution < 1.29 is 33.4 Å². The van der Waals surface area contributed by atoms with Crippen LogP contribution in [-0.2, 0) is 35.1 Å². The number of nitrogens with one attached hydrogen (secondary N) is 3. The van der Waals surface area contributed by atoms with Gasteiger partial charge in [-0.15, -0.1) is 11.3 Å². The smallest absolute Gasteiger partial charge is 0.255 e. The number of hydrogen-bond donors (Lipinski definition) is 3. The Morgan fingerprint density at radius 3 is 2.05 bits per heavy atom. The summed E-state index contributed by atoms with van der Waals surface area (Å²) in [7, 11) is 0. The summed E-state index contributed by atoms with van der Waals surface area (Å²) in [6.07, 6.45) is 2.12. The molecule has 14 nitrogen and oxygen atoms in total. The summed E-state index contributed by atoms with van der Waals surface area (Å²) in [4.78, 5) is 62.2. The van der Waals surface area contributed by atoms with Crippen molar-refractivity contribution in [1.82, 2.24) is 25.4 Å². The summed E-state index contributed by atoms with van der Waals surface area (Å²) in [6.45, 7) is 13.5. The average Bonchev–Trinajstić information content (AvgIpc) is 3.86. The van der Waals surface area contributed by atoms with Crippen molar-refractivity contribution in [2.45, 2.75) is 39.8 Å². The number of anilines is 2. The first-order valence-corrected chi connectivity index (χ1v) is 21.5. The third kappa shape index (κ3) is 13.2. The summed E-state index contributed by atoms with van der Waals surface area (Å²) < 4.78 is 16.6. The minimum absolute atomic E-state index is 0.0233. The summed E-state index contributed by atoms with van der Waals surface area (Å²) >= 11 is 1.33. The van der Waals surface area contributed by atoms with E-state index in [1.807, 2.05) is 69.3 Å². The molecule has 320 valence electrons. The van der Waals surface area contributed by atoms with E-state index in [0.29, 0.717) is 82.9 Å². The van der Waals surface area contributed by atoms with Gasteiger partial charge in [-0.1, -0.05) is 75.4 Å². The van der Waals surface area contributed by atoms with Gasteiger partial charge in [0.1, 0.15) is 6.04 Å². The third-order valence-electron chi connectivity index (χ3n) is 10.2. The third-order valence-corrected chi connectivity index (χ3v) is 10.8. The zero-order valence-electron chi connectivity index (χ0n) is 34.8. The van der Waals surface area contributed by atoms with Crippen LogP contribution in [-0.4, -0.2) is 124 Å². The number of ether oxygens (including phenoxy) is 3. The molecule has 0 spiro atoms. The van der Waals surface area contributed by atoms with E-state index in [0.717, 1.165) is 54.1 Å². The van der Waals surface area contributed by atoms with E-state index in [1.165, 1.54) is 11.3 Å². The van der Waals surface area contributed by atoms with Gasteiger partial charge in [-0.05, 0) is 45.9 Å². The van der Waals surface area contributed by atoms with Crippen LogP contribution < -0.4 is 20.9 Å². The van der Waals surface area contributed by atoms with E-state index in [4.69, 9.17) is 14.2 Å². The molecular weight excluding hydrogens is 783 g/mol. The number of benzene rings is 3. The second kappa shape index (κ2) is 21.9. The number of thiazole rings is 1. The Bertz CT molecular complexity index is 2000. The minimum Gasteiger partial charge on any atom is -0.377 e. The minimum atomic E-state index is -0.806. The van der Waals surface area contributed by atoms with Crippen molar-refractivity contribution in [2.24, 2.45) is 5.41 Å². The van der Waals surface area contributed by atoms with Crippen molar-refractivity contribution in [1.29, 1.82) is 0 Å². The molecule has 60 heavy (non-hydrogen) atoms. The lowest BCUT2D eigenvalue weighted by Gasteiger charge is -2.35. The zero-order chi connectivity index (χ0) is 42.3. The Morgan fingerprint density at radius 1 is 0.783 bits per heavy atom. The number of hydrogen-bond acceptors (Lipinski definition) is 11. The molecule has 1 saturated heterocycles. The fourth-order valence-corrected chi connectivity index (χ4v) is 7.71. The van der Waals surface area contributed by atoms with Gasteiger partial charge in [0.25, 0.3) is 11.8 Å². The number of rotatable bonds is 21. The molecule has 3 N–H and O–H groups in total. The van der Waals surface area contributed by atoms with E-state index in [1.54, 1.807) is 16.5 Å². The Labute approximate surface area is 356 Å². The summed E-state index contributed by atoms with van der Waals surface area (Å²) in [5.74, 6) is -0.475. The first-order chi connectivity index (χ1) is 29.0. The van der Waals surface area contributed by atoms with E-state index < -0.39 is 6.04 Å². The van der Waals surface area contributed by atoms with E-state index in [9.17, 15) is 19.2 Å². The van der Waals surface area contributed by atoms with E-state index in [2.05, 4.69) is 55.0 Å². The number of piperazine rings is 1. The SMILES string of the molecule is CC(C)(C)CC(=O)NCCOCCOCCOCCNC(=O)CN1CCN(c2ccc(-c3ccc4c(c3)C(=O)N(C(C(=O)Nc3nccs3)c3ccccc3)C4)cc2)CC1. The van der Waals surface area contributed by atoms with Gasteiger partial charge in [-0.2, -0.15) is 0 Å². The summed E-state index contributed by atoms with van der Waals surface area (Å²) in [5, 5.41) is 11.0. The van der Waals surface area contributed by atoms with Gasteiger partial charge < -0.3 is 34.6 Å². The lowest BCUT2D eigenvalue weighted by Crippen LogP contribution is -2.49. The van der Waals surface area contributed by atoms with Crippen LogP contribution in [0.5, 0.6) is 0 Å². The van der Waals surface area contributed by atoms with Crippen molar-refractivity contribution in [3.05, 3.63) is 101 Å². The van der Waals surface area contributed by atoms with Gasteiger partial charge >= 0.3 is 0 Å². The average molecular weight is 840 g/mol. The van der Waals surface area contributed by atoms with Crippen molar-refractivity contribution in [2.75, 3.05) is 95.7 Å². The molecule has 4 amide bonds. The number of amides is 4. The molecule has 3 aromatic carbocycles. The lowest BCUT2D eigenvalue weighted by atomic mass is 9.92. The fourth-order valence-electron chi connectivity index (χ4n) is 7.18. The van der Waals surface area contributed by atoms with Crippen molar-refractivity contribution >= 4 is 45.8 Å². The topological polar surface area (TPSA) is 155 Å². The molecule has 1 aromatic heterocycles. The maximum atomic E-state index is 13.9. The monoisotopic (exact) mass is 839 g/mol. The number of nitrogens with zero attached hydrogens (tertiary/aromatic N) is 4. The van der Waals surface area contributed by atoms with Crippen LogP contribution in [0.4, 0.5) is 10.8 Å². The molecule has 0 saturated carbocycles. The molecule has 0 radical (unpaired) electrons. The standard InChI is InChI=1S/C45H57N7O7S/c1-45(2,3)30-39(53)46-15-22-57-24-26-59-27-25-58-23-16-47-40(54)32-50-18-20-51(21-19-50)37-13-11-33(12-14-37)35-9-10-36-31-52(43(56)38(36)29-35)41(34-7-5-4-6-8-34)42(55)49-44-48-17-28-60-44/h4-14,17,28-29,41H,15-16,18-27,30-32H2,1-3H3,(H,46,53)(H,47,54)(H,48,49,55). The molecule has 0 aliphatic carbocycles. The molecule has 1 atom stereocenters. The highest BCUT2D eigenvalue weighted by molar-refractivity contribution is 7.13. The van der Waals surface area contributed by atoms with Gasteiger partial charge in [0, 0.05) is 75.1 Å². The fraction of sp³-hybridized carbons (Fsp3) is 0.444. The second-order valence-electron chi connectivity index (χ2n) is 16.0. The first-order valence-electron chi connectivity index (χ1n) is 20.6. The van der Waals surface area contributed by atoms with Gasteiger partial charge in [0.15, 0.2) is 5.13 Å². The van der Waals surface area contributed by atoms with Crippen LogP contribution in [0.25, 0.3) is 11.1 Å². The predicted molar refractivity (Wildman–Crippen MR) is 233 cm³/mol. The van der Waals surface area contributed by atoms with E-state index >= 15 is 0 Å². The van der Waals surface area contributed by atoms with Crippen LogP contribution in [0, 0.1) is 5.41 Å². The molecule has 2 aliphatic rings. The molecule has 4 aromatic rings. The molecular formula is C45H57N7O7S. The first kappa shape index (κ1) is 44.4. The highest BCUT2D eigenvalue weighted by atomic mass is 32.1. The maximum absolute atomic E-state index is 13.9. The van der Waals surface area contributed by atoms with Crippen LogP contribution in [0.15, 0.2) is 84.4 Å². The number of aromatic nitrogens is 1. The Balaban J connectivity index is 0.864. The van der Waals surface area contributed by atoms with E-state index in [-0.39, 0.29) is 29.0 Å². The molecule has 15 heteroatoms. The zero-order valence-corrected chi connectivity index (χ0v) is 35.6. The summed E-state index contributed by atoms with van der Waals surface area (Å²) in [6, 6.07) is 22.9. The Kier molecular flexibility index (Phi) is 16.2. The van der Waals surface area contributed by atoms with Crippen LogP contribution in [0.2, 0.25) is 0 Å². The molecule has 1 unspecified atom stereocenters. The molecule has 3 heterocycles. The lowest BCUT2D eigenvalue weighted by molar-refractivity contribution is -0.123. The maximum Gasteiger partial charge on any atom is 0.255 e. The molecule has 0 bridgehead atoms. The number of carbonyl (C=O) groups excluding carboxylic acids is 4. The van der Waals surface area contributed by atoms with Crippen molar-refractivity contribution in [3.8, 4) is 11.1 Å². The normalized spacial score (nSPS) is 14.8. The van der Waals surface area contributed by atoms with Crippen LogP contribution in [0.1, 0.15) is 54.7 Å². The highest BCUT2D eigenvalue weighted by Gasteiger charge is 2.38. The van der Waals surface area contributed by atoms with Gasteiger partial charge in [-0.25, -0.2) is 4.98 Å². The number of fused-ring (bicyclic) bond motifs is 1. The largest absolute Gasteiger partial charge is 0.377 e. The van der Waals surface area contributed by atoms with Gasteiger partial charge in [-0.3, -0.25) is 29.4 Å². The summed E-state index contributed by atoms with van der Waals surface area (Å²) in [5.41, 5.74) is 5.22. The van der Waals surface area contributed by atoms with Crippen molar-refractivity contribution in [3.63, 3.8) is 0 Å². The van der Waals surface area contributed by atoms with Gasteiger partial charge in [0.05, 0.1) is 46.2 Å². The molecule has 6 rings (SSSR count). The highest BCUT2D eigenvalue weighted by Crippen LogP contribution is 2.35. The predicted octanol–water partition coefficient (Wildman–Crippen LogP) is 4.99. The Morgan fingerprint density at radius 2 is 1.42 bits per heavy atom. The molecule has 2 aliphatic heterocycles. The quantitative estimate of drug-likeness (QED) is 0.0979. The van der Waals surface area contributed by atoms with Crippen LogP contribution in [0.3, 0.4) is 0 Å². The molecule has 1 fully saturated rings.